The Morgan fingerprint density at radius 2 is 2.24 bits per heavy atom. The molecule has 0 radical (unpaired) electrons. The second kappa shape index (κ2) is 8.24. The van der Waals surface area contributed by atoms with Crippen LogP contribution in [0.3, 0.4) is 0 Å². The Hall–Kier alpha value is -1.27. The van der Waals surface area contributed by atoms with Crippen LogP contribution in [0.5, 0.6) is 0 Å². The van der Waals surface area contributed by atoms with Crippen LogP contribution in [0.2, 0.25) is 0 Å². The Bertz CT molecular complexity index is 551. The predicted molar refractivity (Wildman–Crippen MR) is 90.0 cm³/mol. The molecule has 0 aliphatic heterocycles. The zero-order valence-electron chi connectivity index (χ0n) is 12.4. The van der Waals surface area contributed by atoms with Gasteiger partial charge in [0.15, 0.2) is 0 Å². The third kappa shape index (κ3) is 4.89. The average Bonchev–Trinajstić information content (AvgIpc) is 3.11. The van der Waals surface area contributed by atoms with E-state index in [0.29, 0.717) is 6.54 Å². The molecule has 2 aromatic heterocycles. The van der Waals surface area contributed by atoms with Crippen molar-refractivity contribution in [1.29, 1.82) is 0 Å². The fourth-order valence-electron chi connectivity index (χ4n) is 2.13. The van der Waals surface area contributed by atoms with E-state index in [2.05, 4.69) is 16.6 Å². The van der Waals surface area contributed by atoms with Crippen LogP contribution in [-0.4, -0.2) is 34.0 Å². The summed E-state index contributed by atoms with van der Waals surface area (Å²) in [5, 5.41) is 6.15. The molecule has 6 heteroatoms. The normalized spacial score (nSPS) is 12.3. The van der Waals surface area contributed by atoms with E-state index in [9.17, 15) is 4.79 Å². The van der Waals surface area contributed by atoms with Crippen molar-refractivity contribution in [3.05, 3.63) is 40.6 Å². The molecule has 0 bridgehead atoms. The van der Waals surface area contributed by atoms with Crippen LogP contribution in [0.4, 0.5) is 0 Å². The molecule has 0 aromatic carbocycles. The standard InChI is InChI=1S/C15H21N3OS2/c1-12-11-21-14(17-12)5-7-16-15(19)13(6-10-20-2)18-8-3-4-9-18/h3-4,8-9,11,13H,5-7,10H2,1-2H3,(H,16,19)/t13-/m1/s1. The Morgan fingerprint density at radius 1 is 1.48 bits per heavy atom. The topological polar surface area (TPSA) is 46.9 Å². The average molecular weight is 323 g/mol. The van der Waals surface area contributed by atoms with Gasteiger partial charge in [0.2, 0.25) is 5.91 Å². The fourth-order valence-corrected chi connectivity index (χ4v) is 3.36. The van der Waals surface area contributed by atoms with Gasteiger partial charge in [0.05, 0.1) is 5.01 Å². The van der Waals surface area contributed by atoms with Gasteiger partial charge in [-0.15, -0.1) is 11.3 Å². The smallest absolute Gasteiger partial charge is 0.243 e. The molecule has 0 fully saturated rings. The number of thioether (sulfide) groups is 1. The molecule has 1 N–H and O–H groups in total. The molecule has 0 saturated heterocycles. The van der Waals surface area contributed by atoms with Crippen LogP contribution in [0.25, 0.3) is 0 Å². The van der Waals surface area contributed by atoms with E-state index in [4.69, 9.17) is 0 Å². The lowest BCUT2D eigenvalue weighted by atomic mass is 10.2. The van der Waals surface area contributed by atoms with Gasteiger partial charge >= 0.3 is 0 Å². The summed E-state index contributed by atoms with van der Waals surface area (Å²) in [6, 6.07) is 3.79. The van der Waals surface area contributed by atoms with Gasteiger partial charge in [-0.3, -0.25) is 4.79 Å². The summed E-state index contributed by atoms with van der Waals surface area (Å²) in [5.74, 6) is 1.07. The minimum Gasteiger partial charge on any atom is -0.354 e. The number of carbonyl (C=O) groups is 1. The third-order valence-electron chi connectivity index (χ3n) is 3.19. The van der Waals surface area contributed by atoms with E-state index >= 15 is 0 Å². The van der Waals surface area contributed by atoms with Gasteiger partial charge in [-0.25, -0.2) is 4.98 Å². The highest BCUT2D eigenvalue weighted by Gasteiger charge is 2.18. The maximum atomic E-state index is 12.4. The molecule has 1 amide bonds. The first kappa shape index (κ1) is 16.1. The molecular weight excluding hydrogens is 302 g/mol. The first-order valence-corrected chi connectivity index (χ1v) is 9.28. The van der Waals surface area contributed by atoms with E-state index in [-0.39, 0.29) is 11.9 Å². The molecule has 0 aliphatic carbocycles. The SMILES string of the molecule is CSCC[C@H](C(=O)NCCc1nc(C)cs1)n1cccc1. The van der Waals surface area contributed by atoms with Gasteiger partial charge in [-0.05, 0) is 37.5 Å². The van der Waals surface area contributed by atoms with Gasteiger partial charge in [0, 0.05) is 36.4 Å². The molecule has 0 unspecified atom stereocenters. The highest BCUT2D eigenvalue weighted by Crippen LogP contribution is 2.15. The number of carbonyl (C=O) groups excluding carboxylic acids is 1. The Morgan fingerprint density at radius 3 is 2.86 bits per heavy atom. The Labute approximate surface area is 134 Å². The second-order valence-corrected chi connectivity index (χ2v) is 6.78. The Balaban J connectivity index is 1.86. The first-order chi connectivity index (χ1) is 10.2. The summed E-state index contributed by atoms with van der Waals surface area (Å²) >= 11 is 3.42. The zero-order chi connectivity index (χ0) is 15.1. The van der Waals surface area contributed by atoms with Crippen molar-refractivity contribution in [3.8, 4) is 0 Å². The molecule has 1 atom stereocenters. The molecule has 4 nitrogen and oxygen atoms in total. The van der Waals surface area contributed by atoms with Crippen molar-refractivity contribution in [2.75, 3.05) is 18.6 Å². The predicted octanol–water partition coefficient (Wildman–Crippen LogP) is 2.91. The van der Waals surface area contributed by atoms with Crippen molar-refractivity contribution < 1.29 is 4.79 Å². The van der Waals surface area contributed by atoms with Gasteiger partial charge in [0.1, 0.15) is 6.04 Å². The van der Waals surface area contributed by atoms with Crippen LogP contribution in [0, 0.1) is 6.92 Å². The van der Waals surface area contributed by atoms with E-state index < -0.39 is 0 Å². The summed E-state index contributed by atoms with van der Waals surface area (Å²) < 4.78 is 1.99. The second-order valence-electron chi connectivity index (χ2n) is 4.85. The molecule has 2 rings (SSSR count). The third-order valence-corrected chi connectivity index (χ3v) is 4.86. The zero-order valence-corrected chi connectivity index (χ0v) is 14.0. The molecule has 2 heterocycles. The minimum atomic E-state index is -0.120. The molecule has 21 heavy (non-hydrogen) atoms. The van der Waals surface area contributed by atoms with Crippen LogP contribution >= 0.6 is 23.1 Å². The summed E-state index contributed by atoms with van der Waals surface area (Å²) in [7, 11) is 0. The lowest BCUT2D eigenvalue weighted by molar-refractivity contribution is -0.124. The van der Waals surface area contributed by atoms with Crippen molar-refractivity contribution >= 4 is 29.0 Å². The molecule has 0 saturated carbocycles. The van der Waals surface area contributed by atoms with Crippen molar-refractivity contribution in [3.63, 3.8) is 0 Å². The summed E-state index contributed by atoms with van der Waals surface area (Å²) in [6.45, 7) is 2.63. The highest BCUT2D eigenvalue weighted by atomic mass is 32.2. The van der Waals surface area contributed by atoms with Crippen LogP contribution in [-0.2, 0) is 11.2 Å². The molecular formula is C15H21N3OS2. The number of nitrogens with zero attached hydrogens (tertiary/aromatic N) is 2. The van der Waals surface area contributed by atoms with Crippen molar-refractivity contribution in [1.82, 2.24) is 14.9 Å². The van der Waals surface area contributed by atoms with E-state index in [1.54, 1.807) is 23.1 Å². The van der Waals surface area contributed by atoms with Crippen molar-refractivity contribution in [2.45, 2.75) is 25.8 Å². The molecule has 2 aromatic rings. The van der Waals surface area contributed by atoms with Crippen LogP contribution < -0.4 is 5.32 Å². The fraction of sp³-hybridized carbons (Fsp3) is 0.467. The number of amides is 1. The number of hydrogen-bond donors (Lipinski definition) is 1. The first-order valence-electron chi connectivity index (χ1n) is 7.01. The van der Waals surface area contributed by atoms with E-state index in [1.165, 1.54) is 0 Å². The maximum Gasteiger partial charge on any atom is 0.243 e. The van der Waals surface area contributed by atoms with Gasteiger partial charge in [-0.2, -0.15) is 11.8 Å². The Kier molecular flexibility index (Phi) is 6.32. The van der Waals surface area contributed by atoms with Gasteiger partial charge < -0.3 is 9.88 Å². The van der Waals surface area contributed by atoms with Crippen LogP contribution in [0.15, 0.2) is 29.9 Å². The highest BCUT2D eigenvalue weighted by molar-refractivity contribution is 7.98. The number of thiazole rings is 1. The van der Waals surface area contributed by atoms with Crippen LogP contribution in [0.1, 0.15) is 23.2 Å². The summed E-state index contributed by atoms with van der Waals surface area (Å²) in [5.41, 5.74) is 1.05. The largest absolute Gasteiger partial charge is 0.354 e. The monoisotopic (exact) mass is 323 g/mol. The number of nitrogens with one attached hydrogen (secondary N) is 1. The number of aryl methyl sites for hydroxylation is 1. The van der Waals surface area contributed by atoms with Gasteiger partial charge in [-0.1, -0.05) is 0 Å². The lowest BCUT2D eigenvalue weighted by Crippen LogP contribution is -2.33. The van der Waals surface area contributed by atoms with Crippen molar-refractivity contribution in [2.24, 2.45) is 0 Å². The lowest BCUT2D eigenvalue weighted by Gasteiger charge is -2.18. The maximum absolute atomic E-state index is 12.4. The van der Waals surface area contributed by atoms with E-state index in [0.717, 1.165) is 29.3 Å². The number of rotatable bonds is 8. The quantitative estimate of drug-likeness (QED) is 0.812. The number of aromatic nitrogens is 2. The molecule has 114 valence electrons. The minimum absolute atomic E-state index is 0.0912. The summed E-state index contributed by atoms with van der Waals surface area (Å²) in [6.07, 6.45) is 7.61. The van der Waals surface area contributed by atoms with E-state index in [1.807, 2.05) is 41.4 Å². The molecule has 0 aliphatic rings. The number of hydrogen-bond acceptors (Lipinski definition) is 4. The summed E-state index contributed by atoms with van der Waals surface area (Å²) in [4.78, 5) is 16.8. The van der Waals surface area contributed by atoms with Gasteiger partial charge in [0.25, 0.3) is 0 Å². The molecule has 0 spiro atoms.